The topological polar surface area (TPSA) is 33.2 Å². The summed E-state index contributed by atoms with van der Waals surface area (Å²) in [6.45, 7) is 0.354. The Labute approximate surface area is 128 Å². The van der Waals surface area contributed by atoms with E-state index in [-0.39, 0.29) is 11.7 Å². The molecule has 0 spiro atoms. The molecule has 4 heteroatoms. The van der Waals surface area contributed by atoms with Gasteiger partial charge in [0.2, 0.25) is 0 Å². The largest absolute Gasteiger partial charge is 0.337 e. The summed E-state index contributed by atoms with van der Waals surface area (Å²) in [6, 6.07) is 15.5. The van der Waals surface area contributed by atoms with E-state index in [1.54, 1.807) is 36.3 Å². The van der Waals surface area contributed by atoms with Crippen molar-refractivity contribution in [1.82, 2.24) is 9.88 Å². The number of pyridine rings is 1. The number of carbonyl (C=O) groups excluding carboxylic acids is 1. The van der Waals surface area contributed by atoms with Crippen molar-refractivity contribution in [2.45, 2.75) is 6.54 Å². The number of hydrogen-bond donors (Lipinski definition) is 0. The van der Waals surface area contributed by atoms with Crippen molar-refractivity contribution in [3.8, 4) is 0 Å². The maximum absolute atomic E-state index is 13.2. The zero-order valence-corrected chi connectivity index (χ0v) is 12.2. The molecule has 0 aliphatic rings. The van der Waals surface area contributed by atoms with Gasteiger partial charge in [0.15, 0.2) is 0 Å². The first-order valence-corrected chi connectivity index (χ1v) is 6.99. The molecule has 3 nitrogen and oxygen atoms in total. The fourth-order valence-corrected chi connectivity index (χ4v) is 2.47. The summed E-state index contributed by atoms with van der Waals surface area (Å²) in [5, 5.41) is 0.820. The van der Waals surface area contributed by atoms with E-state index >= 15 is 0 Å². The number of nitrogens with zero attached hydrogens (tertiary/aromatic N) is 2. The highest BCUT2D eigenvalue weighted by molar-refractivity contribution is 6.05. The molecule has 2 aromatic carbocycles. The standard InChI is InChI=1S/C18H15FN2O/c1-21(12-13-5-4-6-14(19)11-13)18(22)16-9-10-20-17-8-3-2-7-15(16)17/h2-11H,12H2,1H3. The summed E-state index contributed by atoms with van der Waals surface area (Å²) < 4.78 is 13.2. The van der Waals surface area contributed by atoms with Crippen LogP contribution in [0.2, 0.25) is 0 Å². The summed E-state index contributed by atoms with van der Waals surface area (Å²) in [5.41, 5.74) is 2.14. The predicted molar refractivity (Wildman–Crippen MR) is 83.9 cm³/mol. The van der Waals surface area contributed by atoms with Gasteiger partial charge < -0.3 is 4.90 Å². The van der Waals surface area contributed by atoms with Gasteiger partial charge in [-0.2, -0.15) is 0 Å². The summed E-state index contributed by atoms with van der Waals surface area (Å²) in [7, 11) is 1.71. The van der Waals surface area contributed by atoms with Crippen molar-refractivity contribution < 1.29 is 9.18 Å². The summed E-state index contributed by atoms with van der Waals surface area (Å²) in [4.78, 5) is 18.5. The Bertz CT molecular complexity index is 827. The molecule has 1 heterocycles. The molecule has 0 unspecified atom stereocenters. The van der Waals surface area contributed by atoms with Gasteiger partial charge in [0, 0.05) is 25.2 Å². The van der Waals surface area contributed by atoms with Crippen LogP contribution in [0.25, 0.3) is 10.9 Å². The second kappa shape index (κ2) is 5.93. The van der Waals surface area contributed by atoms with Crippen molar-refractivity contribution in [1.29, 1.82) is 0 Å². The zero-order chi connectivity index (χ0) is 15.5. The number of carbonyl (C=O) groups is 1. The lowest BCUT2D eigenvalue weighted by atomic mass is 10.1. The van der Waals surface area contributed by atoms with Gasteiger partial charge in [-0.15, -0.1) is 0 Å². The maximum Gasteiger partial charge on any atom is 0.254 e. The number of benzene rings is 2. The molecule has 1 aromatic heterocycles. The van der Waals surface area contributed by atoms with Crippen LogP contribution in [-0.2, 0) is 6.54 Å². The molecule has 3 rings (SSSR count). The molecule has 22 heavy (non-hydrogen) atoms. The Kier molecular flexibility index (Phi) is 3.83. The van der Waals surface area contributed by atoms with Gasteiger partial charge >= 0.3 is 0 Å². The van der Waals surface area contributed by atoms with Crippen LogP contribution in [0.5, 0.6) is 0 Å². The molecule has 0 aliphatic heterocycles. The molecule has 1 amide bonds. The quantitative estimate of drug-likeness (QED) is 0.739. The Morgan fingerprint density at radius 2 is 1.95 bits per heavy atom. The Balaban J connectivity index is 1.89. The Morgan fingerprint density at radius 3 is 2.77 bits per heavy atom. The molecule has 3 aromatic rings. The van der Waals surface area contributed by atoms with Crippen molar-refractivity contribution in [3.63, 3.8) is 0 Å². The molecule has 0 saturated carbocycles. The first-order chi connectivity index (χ1) is 10.6. The van der Waals surface area contributed by atoms with Gasteiger partial charge in [0.25, 0.3) is 5.91 Å². The number of rotatable bonds is 3. The lowest BCUT2D eigenvalue weighted by Gasteiger charge is -2.18. The molecular weight excluding hydrogens is 279 g/mol. The molecular formula is C18H15FN2O. The van der Waals surface area contributed by atoms with Crippen LogP contribution in [0.1, 0.15) is 15.9 Å². The fraction of sp³-hybridized carbons (Fsp3) is 0.111. The minimum Gasteiger partial charge on any atom is -0.337 e. The lowest BCUT2D eigenvalue weighted by Crippen LogP contribution is -2.26. The highest BCUT2D eigenvalue weighted by atomic mass is 19.1. The van der Waals surface area contributed by atoms with Crippen LogP contribution >= 0.6 is 0 Å². The number of aromatic nitrogens is 1. The third-order valence-electron chi connectivity index (χ3n) is 3.53. The minimum atomic E-state index is -0.298. The average Bonchev–Trinajstić information content (AvgIpc) is 2.53. The number of halogens is 1. The molecule has 0 atom stereocenters. The smallest absolute Gasteiger partial charge is 0.254 e. The second-order valence-electron chi connectivity index (χ2n) is 5.17. The van der Waals surface area contributed by atoms with Crippen molar-refractivity contribution in [2.75, 3.05) is 7.05 Å². The van der Waals surface area contributed by atoms with Crippen LogP contribution in [0.4, 0.5) is 4.39 Å². The van der Waals surface area contributed by atoms with E-state index in [0.29, 0.717) is 12.1 Å². The first kappa shape index (κ1) is 14.2. The highest BCUT2D eigenvalue weighted by Gasteiger charge is 2.15. The van der Waals surface area contributed by atoms with Gasteiger partial charge in [0.1, 0.15) is 5.82 Å². The van der Waals surface area contributed by atoms with E-state index in [1.807, 2.05) is 24.3 Å². The molecule has 0 aliphatic carbocycles. The van der Waals surface area contributed by atoms with E-state index in [2.05, 4.69) is 4.98 Å². The monoisotopic (exact) mass is 294 g/mol. The number of hydrogen-bond acceptors (Lipinski definition) is 2. The molecule has 0 bridgehead atoms. The maximum atomic E-state index is 13.2. The zero-order valence-electron chi connectivity index (χ0n) is 12.2. The van der Waals surface area contributed by atoms with Gasteiger partial charge in [0.05, 0.1) is 11.1 Å². The van der Waals surface area contributed by atoms with E-state index in [0.717, 1.165) is 16.5 Å². The van der Waals surface area contributed by atoms with Crippen LogP contribution in [0.3, 0.4) is 0 Å². The number of amides is 1. The minimum absolute atomic E-state index is 0.108. The Morgan fingerprint density at radius 1 is 1.14 bits per heavy atom. The van der Waals surface area contributed by atoms with Crippen LogP contribution in [0.15, 0.2) is 60.8 Å². The lowest BCUT2D eigenvalue weighted by molar-refractivity contribution is 0.0787. The average molecular weight is 294 g/mol. The van der Waals surface area contributed by atoms with Crippen molar-refractivity contribution in [2.24, 2.45) is 0 Å². The second-order valence-corrected chi connectivity index (χ2v) is 5.17. The predicted octanol–water partition coefficient (Wildman–Crippen LogP) is 3.65. The van der Waals surface area contributed by atoms with E-state index < -0.39 is 0 Å². The Hall–Kier alpha value is -2.75. The molecule has 0 saturated heterocycles. The normalized spacial score (nSPS) is 10.6. The summed E-state index contributed by atoms with van der Waals surface area (Å²) in [5.74, 6) is -0.407. The first-order valence-electron chi connectivity index (χ1n) is 6.99. The number of fused-ring (bicyclic) bond motifs is 1. The van der Waals surface area contributed by atoms with Gasteiger partial charge in [-0.25, -0.2) is 4.39 Å². The van der Waals surface area contributed by atoms with Gasteiger partial charge in [-0.3, -0.25) is 9.78 Å². The molecule has 0 fully saturated rings. The summed E-state index contributed by atoms with van der Waals surface area (Å²) >= 11 is 0. The fourth-order valence-electron chi connectivity index (χ4n) is 2.47. The molecule has 0 N–H and O–H groups in total. The van der Waals surface area contributed by atoms with Crippen LogP contribution in [-0.4, -0.2) is 22.8 Å². The van der Waals surface area contributed by atoms with Crippen LogP contribution < -0.4 is 0 Å². The highest BCUT2D eigenvalue weighted by Crippen LogP contribution is 2.18. The molecule has 0 radical (unpaired) electrons. The third-order valence-corrected chi connectivity index (χ3v) is 3.53. The SMILES string of the molecule is CN(Cc1cccc(F)c1)C(=O)c1ccnc2ccccc12. The third kappa shape index (κ3) is 2.81. The van der Waals surface area contributed by atoms with Gasteiger partial charge in [-0.05, 0) is 29.8 Å². The van der Waals surface area contributed by atoms with E-state index in [9.17, 15) is 9.18 Å². The van der Waals surface area contributed by atoms with E-state index in [4.69, 9.17) is 0 Å². The van der Waals surface area contributed by atoms with Crippen LogP contribution in [0, 0.1) is 5.82 Å². The summed E-state index contributed by atoms with van der Waals surface area (Å²) in [6.07, 6.45) is 1.63. The van der Waals surface area contributed by atoms with E-state index in [1.165, 1.54) is 12.1 Å². The number of para-hydroxylation sites is 1. The van der Waals surface area contributed by atoms with Crippen molar-refractivity contribution >= 4 is 16.8 Å². The molecule has 110 valence electrons. The van der Waals surface area contributed by atoms with Gasteiger partial charge in [-0.1, -0.05) is 30.3 Å². The van der Waals surface area contributed by atoms with Crippen molar-refractivity contribution in [3.05, 3.63) is 77.7 Å².